The van der Waals surface area contributed by atoms with Crippen LogP contribution in [0.5, 0.6) is 0 Å². The molecular weight excluding hydrogens is 292 g/mol. The SMILES string of the molecule is N[C@H](C(=O)N[C@H]1CCC(=O)N(CC(=O)O)C1=O)C1CCCN1. The average molecular weight is 312 g/mol. The zero-order valence-electron chi connectivity index (χ0n) is 12.1. The van der Waals surface area contributed by atoms with Gasteiger partial charge in [-0.25, -0.2) is 0 Å². The summed E-state index contributed by atoms with van der Waals surface area (Å²) in [7, 11) is 0. The van der Waals surface area contributed by atoms with Crippen molar-refractivity contribution in [1.82, 2.24) is 15.5 Å². The van der Waals surface area contributed by atoms with Gasteiger partial charge in [-0.2, -0.15) is 0 Å². The highest BCUT2D eigenvalue weighted by molar-refractivity contribution is 6.03. The number of likely N-dealkylation sites (tertiary alicyclic amines) is 1. The van der Waals surface area contributed by atoms with Crippen LogP contribution in [0.15, 0.2) is 0 Å². The molecule has 9 nitrogen and oxygen atoms in total. The van der Waals surface area contributed by atoms with Gasteiger partial charge in [0.25, 0.3) is 5.91 Å². The van der Waals surface area contributed by atoms with Crippen molar-refractivity contribution in [3.8, 4) is 0 Å². The highest BCUT2D eigenvalue weighted by Crippen LogP contribution is 2.14. The third-order valence-corrected chi connectivity index (χ3v) is 3.96. The summed E-state index contributed by atoms with van der Waals surface area (Å²) in [5.74, 6) is -2.99. The van der Waals surface area contributed by atoms with Crippen molar-refractivity contribution < 1.29 is 24.3 Å². The predicted molar refractivity (Wildman–Crippen MR) is 74.5 cm³/mol. The second-order valence-electron chi connectivity index (χ2n) is 5.54. The lowest BCUT2D eigenvalue weighted by molar-refractivity contribution is -0.156. The highest BCUT2D eigenvalue weighted by Gasteiger charge is 2.37. The summed E-state index contributed by atoms with van der Waals surface area (Å²) in [5, 5.41) is 14.4. The molecule has 2 heterocycles. The van der Waals surface area contributed by atoms with Crippen molar-refractivity contribution in [3.05, 3.63) is 0 Å². The minimum Gasteiger partial charge on any atom is -0.480 e. The molecule has 0 saturated carbocycles. The zero-order valence-corrected chi connectivity index (χ0v) is 12.1. The number of imide groups is 1. The quantitative estimate of drug-likeness (QED) is 0.421. The van der Waals surface area contributed by atoms with Gasteiger partial charge >= 0.3 is 5.97 Å². The van der Waals surface area contributed by atoms with E-state index in [1.807, 2.05) is 0 Å². The fourth-order valence-electron chi connectivity index (χ4n) is 2.74. The van der Waals surface area contributed by atoms with Gasteiger partial charge in [0.05, 0.1) is 6.04 Å². The standard InChI is InChI=1S/C13H20N4O5/c14-11(7-2-1-5-15-7)12(21)16-8-3-4-9(18)17(13(8)22)6-10(19)20/h7-8,11,15H,1-6,14H2,(H,16,21)(H,19,20)/t7?,8-,11-/m0/s1. The maximum Gasteiger partial charge on any atom is 0.323 e. The number of carboxylic acids is 1. The minimum atomic E-state index is -1.28. The lowest BCUT2D eigenvalue weighted by Gasteiger charge is -2.31. The van der Waals surface area contributed by atoms with Gasteiger partial charge in [0.2, 0.25) is 11.8 Å². The number of rotatable bonds is 5. The third-order valence-electron chi connectivity index (χ3n) is 3.96. The maximum atomic E-state index is 12.1. The van der Waals surface area contributed by atoms with Crippen LogP contribution in [0.2, 0.25) is 0 Å². The number of carbonyl (C=O) groups is 4. The Kier molecular flexibility index (Phi) is 5.09. The van der Waals surface area contributed by atoms with E-state index in [9.17, 15) is 19.2 Å². The molecule has 0 aromatic rings. The number of aliphatic carboxylic acids is 1. The molecule has 0 aliphatic carbocycles. The van der Waals surface area contributed by atoms with Crippen molar-refractivity contribution in [2.24, 2.45) is 5.73 Å². The molecule has 0 radical (unpaired) electrons. The first-order valence-electron chi connectivity index (χ1n) is 7.25. The van der Waals surface area contributed by atoms with Crippen molar-refractivity contribution in [1.29, 1.82) is 0 Å². The van der Waals surface area contributed by atoms with E-state index in [4.69, 9.17) is 10.8 Å². The Morgan fingerprint density at radius 3 is 2.73 bits per heavy atom. The number of piperidine rings is 1. The molecule has 3 amide bonds. The van der Waals surface area contributed by atoms with Gasteiger partial charge in [-0.05, 0) is 25.8 Å². The summed E-state index contributed by atoms with van der Waals surface area (Å²) in [6.07, 6.45) is 1.90. The molecule has 2 aliphatic heterocycles. The number of hydrogen-bond acceptors (Lipinski definition) is 6. The van der Waals surface area contributed by atoms with Crippen LogP contribution in [0.1, 0.15) is 25.7 Å². The Hall–Kier alpha value is -2.00. The predicted octanol–water partition coefficient (Wildman–Crippen LogP) is -2.22. The topological polar surface area (TPSA) is 142 Å². The lowest BCUT2D eigenvalue weighted by atomic mass is 10.0. The third kappa shape index (κ3) is 3.60. The molecule has 2 saturated heterocycles. The van der Waals surface area contributed by atoms with Gasteiger partial charge < -0.3 is 21.5 Å². The van der Waals surface area contributed by atoms with E-state index in [2.05, 4.69) is 10.6 Å². The molecular formula is C13H20N4O5. The minimum absolute atomic E-state index is 0.0148. The van der Waals surface area contributed by atoms with Crippen molar-refractivity contribution >= 4 is 23.7 Å². The van der Waals surface area contributed by atoms with E-state index in [-0.39, 0.29) is 18.9 Å². The molecule has 2 fully saturated rings. The van der Waals surface area contributed by atoms with E-state index in [1.165, 1.54) is 0 Å². The average Bonchev–Trinajstić information content (AvgIpc) is 2.99. The summed E-state index contributed by atoms with van der Waals surface area (Å²) >= 11 is 0. The fraction of sp³-hybridized carbons (Fsp3) is 0.692. The summed E-state index contributed by atoms with van der Waals surface area (Å²) in [6.45, 7) is 0.106. The van der Waals surface area contributed by atoms with Gasteiger partial charge in [-0.3, -0.25) is 24.1 Å². The van der Waals surface area contributed by atoms with Gasteiger partial charge in [0.15, 0.2) is 0 Å². The molecule has 0 aromatic heterocycles. The molecule has 2 rings (SSSR count). The molecule has 0 spiro atoms. The van der Waals surface area contributed by atoms with Crippen LogP contribution in [-0.2, 0) is 19.2 Å². The van der Waals surface area contributed by atoms with Crippen molar-refractivity contribution in [3.63, 3.8) is 0 Å². The van der Waals surface area contributed by atoms with Gasteiger partial charge in [0, 0.05) is 12.5 Å². The first-order valence-corrected chi connectivity index (χ1v) is 7.25. The van der Waals surface area contributed by atoms with E-state index in [1.54, 1.807) is 0 Å². The highest BCUT2D eigenvalue weighted by atomic mass is 16.4. The number of nitrogens with zero attached hydrogens (tertiary/aromatic N) is 1. The van der Waals surface area contributed by atoms with E-state index in [0.717, 1.165) is 19.4 Å². The summed E-state index contributed by atoms with van der Waals surface area (Å²) in [4.78, 5) is 47.2. The van der Waals surface area contributed by atoms with Crippen LogP contribution in [-0.4, -0.2) is 64.9 Å². The van der Waals surface area contributed by atoms with Crippen LogP contribution in [0.4, 0.5) is 0 Å². The smallest absolute Gasteiger partial charge is 0.323 e. The first kappa shape index (κ1) is 16.4. The normalized spacial score (nSPS) is 26.9. The number of nitrogens with one attached hydrogen (secondary N) is 2. The van der Waals surface area contributed by atoms with E-state index < -0.39 is 42.3 Å². The van der Waals surface area contributed by atoms with Gasteiger partial charge in [0.1, 0.15) is 12.6 Å². The number of hydrogen-bond donors (Lipinski definition) is 4. The van der Waals surface area contributed by atoms with Crippen LogP contribution in [0.3, 0.4) is 0 Å². The molecule has 0 bridgehead atoms. The Labute approximate surface area is 127 Å². The Balaban J connectivity index is 1.96. The number of nitrogens with two attached hydrogens (primary N) is 1. The molecule has 0 aromatic carbocycles. The van der Waals surface area contributed by atoms with Crippen LogP contribution in [0, 0.1) is 0 Å². The number of carbonyl (C=O) groups excluding carboxylic acids is 3. The van der Waals surface area contributed by atoms with E-state index >= 15 is 0 Å². The Morgan fingerprint density at radius 1 is 1.41 bits per heavy atom. The maximum absolute atomic E-state index is 12.1. The zero-order chi connectivity index (χ0) is 16.3. The van der Waals surface area contributed by atoms with Crippen LogP contribution >= 0.6 is 0 Å². The van der Waals surface area contributed by atoms with Crippen molar-refractivity contribution in [2.45, 2.75) is 43.8 Å². The fourth-order valence-corrected chi connectivity index (χ4v) is 2.74. The molecule has 9 heteroatoms. The summed E-state index contributed by atoms with van der Waals surface area (Å²) in [5.41, 5.74) is 5.87. The molecule has 5 N–H and O–H groups in total. The summed E-state index contributed by atoms with van der Waals surface area (Å²) in [6, 6.07) is -1.81. The second kappa shape index (κ2) is 6.84. The molecule has 3 atom stereocenters. The molecule has 1 unspecified atom stereocenters. The molecule has 2 aliphatic rings. The number of amides is 3. The Morgan fingerprint density at radius 2 is 2.14 bits per heavy atom. The van der Waals surface area contributed by atoms with Crippen LogP contribution < -0.4 is 16.4 Å². The monoisotopic (exact) mass is 312 g/mol. The van der Waals surface area contributed by atoms with E-state index in [0.29, 0.717) is 4.90 Å². The van der Waals surface area contributed by atoms with Gasteiger partial charge in [-0.15, -0.1) is 0 Å². The molecule has 22 heavy (non-hydrogen) atoms. The van der Waals surface area contributed by atoms with Crippen LogP contribution in [0.25, 0.3) is 0 Å². The van der Waals surface area contributed by atoms with Crippen molar-refractivity contribution in [2.75, 3.05) is 13.1 Å². The second-order valence-corrected chi connectivity index (χ2v) is 5.54. The summed E-state index contributed by atoms with van der Waals surface area (Å²) < 4.78 is 0. The molecule has 122 valence electrons. The van der Waals surface area contributed by atoms with Gasteiger partial charge in [-0.1, -0.05) is 0 Å². The largest absolute Gasteiger partial charge is 0.480 e. The number of carboxylic acid groups (broad SMARTS) is 1. The Bertz CT molecular complexity index is 489. The lowest BCUT2D eigenvalue weighted by Crippen LogP contribution is -2.60. The first-order chi connectivity index (χ1) is 10.4.